The van der Waals surface area contributed by atoms with Crippen LogP contribution in [0.2, 0.25) is 0 Å². The van der Waals surface area contributed by atoms with Gasteiger partial charge in [-0.25, -0.2) is 0 Å². The SMILES string of the molecule is CC(C)(C(=O)Nc1nncs1)C(c1ccccc1)c1ccc(-c2ccc(OC(F)(F)F)cc2)cc1. The highest BCUT2D eigenvalue weighted by atomic mass is 32.1. The van der Waals surface area contributed by atoms with Crippen molar-refractivity contribution in [3.05, 3.63) is 95.5 Å². The highest BCUT2D eigenvalue weighted by molar-refractivity contribution is 7.13. The number of aromatic nitrogens is 2. The van der Waals surface area contributed by atoms with Gasteiger partial charge in [0, 0.05) is 5.92 Å². The maximum absolute atomic E-state index is 13.3. The number of ether oxygens (including phenoxy) is 1. The number of rotatable bonds is 7. The Hall–Kier alpha value is -3.72. The predicted octanol–water partition coefficient (Wildman–Crippen LogP) is 6.90. The number of alkyl halides is 3. The van der Waals surface area contributed by atoms with E-state index >= 15 is 0 Å². The third kappa shape index (κ3) is 5.86. The second kappa shape index (κ2) is 9.87. The first kappa shape index (κ1) is 24.4. The highest BCUT2D eigenvalue weighted by Gasteiger charge is 2.39. The average Bonchev–Trinajstić information content (AvgIpc) is 3.33. The van der Waals surface area contributed by atoms with Crippen molar-refractivity contribution < 1.29 is 22.7 Å². The van der Waals surface area contributed by atoms with Crippen LogP contribution in [0.4, 0.5) is 18.3 Å². The largest absolute Gasteiger partial charge is 0.573 e. The molecule has 0 bridgehead atoms. The molecule has 0 aliphatic rings. The molecule has 3 aromatic carbocycles. The van der Waals surface area contributed by atoms with Crippen molar-refractivity contribution >= 4 is 22.4 Å². The van der Waals surface area contributed by atoms with E-state index in [1.807, 2.05) is 68.4 Å². The number of amides is 1. The number of hydrogen-bond donors (Lipinski definition) is 1. The zero-order valence-corrected chi connectivity index (χ0v) is 19.7. The standard InChI is InChI=1S/C26H22F3N3O2S/c1-25(2,23(33)31-24-32-30-16-35-24)22(19-6-4-3-5-7-19)20-10-8-17(9-11-20)18-12-14-21(15-13-18)34-26(27,28)29/h3-16,22H,1-2H3,(H,31,32,33). The van der Waals surface area contributed by atoms with Crippen LogP contribution in [-0.2, 0) is 4.79 Å². The quantitative estimate of drug-likeness (QED) is 0.302. The fourth-order valence-electron chi connectivity index (χ4n) is 4.01. The van der Waals surface area contributed by atoms with E-state index in [4.69, 9.17) is 0 Å². The Bertz CT molecular complexity index is 1260. The minimum Gasteiger partial charge on any atom is -0.406 e. The number of anilines is 1. The summed E-state index contributed by atoms with van der Waals surface area (Å²) in [5.41, 5.74) is 4.19. The van der Waals surface area contributed by atoms with E-state index in [0.717, 1.165) is 22.3 Å². The van der Waals surface area contributed by atoms with Gasteiger partial charge in [0.25, 0.3) is 0 Å². The van der Waals surface area contributed by atoms with Crippen LogP contribution in [0.15, 0.2) is 84.4 Å². The second-order valence-electron chi connectivity index (χ2n) is 8.46. The number of carbonyl (C=O) groups excluding carboxylic acids is 1. The van der Waals surface area contributed by atoms with Gasteiger partial charge in [0.1, 0.15) is 11.3 Å². The van der Waals surface area contributed by atoms with Crippen LogP contribution in [0.3, 0.4) is 0 Å². The molecule has 0 fully saturated rings. The Morgan fingerprint density at radius 2 is 1.46 bits per heavy atom. The third-order valence-corrected chi connectivity index (χ3v) is 6.29. The van der Waals surface area contributed by atoms with Crippen LogP contribution >= 0.6 is 11.3 Å². The smallest absolute Gasteiger partial charge is 0.406 e. The Morgan fingerprint density at radius 3 is 2.00 bits per heavy atom. The van der Waals surface area contributed by atoms with Gasteiger partial charge in [-0.2, -0.15) is 0 Å². The Kier molecular flexibility index (Phi) is 6.88. The highest BCUT2D eigenvalue weighted by Crippen LogP contribution is 2.42. The lowest BCUT2D eigenvalue weighted by molar-refractivity contribution is -0.274. The van der Waals surface area contributed by atoms with Crippen molar-refractivity contribution in [1.29, 1.82) is 0 Å². The van der Waals surface area contributed by atoms with E-state index in [0.29, 0.717) is 5.13 Å². The third-order valence-electron chi connectivity index (χ3n) is 5.69. The van der Waals surface area contributed by atoms with E-state index in [-0.39, 0.29) is 17.6 Å². The molecule has 4 aromatic rings. The minimum absolute atomic E-state index is 0.188. The number of halogens is 3. The Balaban J connectivity index is 1.63. The molecule has 1 heterocycles. The molecular formula is C26H22F3N3O2S. The van der Waals surface area contributed by atoms with Gasteiger partial charge in [-0.1, -0.05) is 91.9 Å². The van der Waals surface area contributed by atoms with Crippen LogP contribution in [0, 0.1) is 5.41 Å². The topological polar surface area (TPSA) is 64.1 Å². The molecule has 1 unspecified atom stereocenters. The second-order valence-corrected chi connectivity index (χ2v) is 9.29. The summed E-state index contributed by atoms with van der Waals surface area (Å²) in [6, 6.07) is 23.1. The maximum atomic E-state index is 13.3. The summed E-state index contributed by atoms with van der Waals surface area (Å²) in [7, 11) is 0. The first-order chi connectivity index (χ1) is 16.6. The van der Waals surface area contributed by atoms with Gasteiger partial charge >= 0.3 is 6.36 Å². The van der Waals surface area contributed by atoms with Gasteiger partial charge in [-0.15, -0.1) is 23.4 Å². The molecule has 0 aliphatic heterocycles. The molecule has 0 radical (unpaired) electrons. The van der Waals surface area contributed by atoms with Crippen LogP contribution in [0.25, 0.3) is 11.1 Å². The van der Waals surface area contributed by atoms with Crippen molar-refractivity contribution in [3.8, 4) is 16.9 Å². The van der Waals surface area contributed by atoms with Crippen molar-refractivity contribution in [2.45, 2.75) is 26.1 Å². The lowest BCUT2D eigenvalue weighted by atomic mass is 9.70. The summed E-state index contributed by atoms with van der Waals surface area (Å²) in [5.74, 6) is -0.731. The molecule has 0 aliphatic carbocycles. The summed E-state index contributed by atoms with van der Waals surface area (Å²) < 4.78 is 41.2. The molecular weight excluding hydrogens is 475 g/mol. The Labute approximate surface area is 204 Å². The first-order valence-electron chi connectivity index (χ1n) is 10.7. The van der Waals surface area contributed by atoms with Gasteiger partial charge in [0.2, 0.25) is 11.0 Å². The minimum atomic E-state index is -4.73. The normalized spacial score (nSPS) is 12.7. The number of hydrogen-bond acceptors (Lipinski definition) is 5. The molecule has 1 atom stereocenters. The van der Waals surface area contributed by atoms with Crippen molar-refractivity contribution in [1.82, 2.24) is 10.2 Å². The fourth-order valence-corrected chi connectivity index (χ4v) is 4.45. The van der Waals surface area contributed by atoms with E-state index in [9.17, 15) is 18.0 Å². The lowest BCUT2D eigenvalue weighted by Crippen LogP contribution is -2.37. The van der Waals surface area contributed by atoms with E-state index < -0.39 is 11.8 Å². The van der Waals surface area contributed by atoms with Crippen molar-refractivity contribution in [2.75, 3.05) is 5.32 Å². The molecule has 9 heteroatoms. The van der Waals surface area contributed by atoms with Crippen LogP contribution in [0.5, 0.6) is 5.75 Å². The first-order valence-corrected chi connectivity index (χ1v) is 11.6. The number of nitrogens with one attached hydrogen (secondary N) is 1. The number of carbonyl (C=O) groups is 1. The maximum Gasteiger partial charge on any atom is 0.573 e. The molecule has 35 heavy (non-hydrogen) atoms. The van der Waals surface area contributed by atoms with Crippen molar-refractivity contribution in [2.24, 2.45) is 5.41 Å². The summed E-state index contributed by atoms with van der Waals surface area (Å²) in [5, 5.41) is 11.0. The fraction of sp³-hybridized carbons (Fsp3) is 0.192. The zero-order valence-electron chi connectivity index (χ0n) is 18.9. The van der Waals surface area contributed by atoms with Gasteiger partial charge in [-0.3, -0.25) is 4.79 Å². The van der Waals surface area contributed by atoms with E-state index in [1.54, 1.807) is 17.6 Å². The van der Waals surface area contributed by atoms with Gasteiger partial charge in [0.15, 0.2) is 0 Å². The lowest BCUT2D eigenvalue weighted by Gasteiger charge is -2.33. The molecule has 4 rings (SSSR count). The van der Waals surface area contributed by atoms with E-state index in [1.165, 1.54) is 23.5 Å². The number of nitrogens with zero attached hydrogens (tertiary/aromatic N) is 2. The van der Waals surface area contributed by atoms with E-state index in [2.05, 4.69) is 20.3 Å². The van der Waals surface area contributed by atoms with Gasteiger partial charge < -0.3 is 10.1 Å². The van der Waals surface area contributed by atoms with Crippen LogP contribution < -0.4 is 10.1 Å². The summed E-state index contributed by atoms with van der Waals surface area (Å²) in [6.07, 6.45) is -4.73. The van der Waals surface area contributed by atoms with Crippen LogP contribution in [-0.4, -0.2) is 22.5 Å². The Morgan fingerprint density at radius 1 is 0.886 bits per heavy atom. The predicted molar refractivity (Wildman–Crippen MR) is 129 cm³/mol. The molecule has 180 valence electrons. The molecule has 1 aromatic heterocycles. The zero-order chi connectivity index (χ0) is 25.1. The molecule has 1 amide bonds. The monoisotopic (exact) mass is 497 g/mol. The summed E-state index contributed by atoms with van der Waals surface area (Å²) >= 11 is 1.25. The molecule has 1 N–H and O–H groups in total. The van der Waals surface area contributed by atoms with Crippen molar-refractivity contribution in [3.63, 3.8) is 0 Å². The number of benzene rings is 3. The van der Waals surface area contributed by atoms with Gasteiger partial charge in [-0.05, 0) is 34.4 Å². The average molecular weight is 498 g/mol. The molecule has 0 spiro atoms. The summed E-state index contributed by atoms with van der Waals surface area (Å²) in [6.45, 7) is 3.77. The molecule has 0 saturated heterocycles. The van der Waals surface area contributed by atoms with Gasteiger partial charge in [0.05, 0.1) is 5.41 Å². The van der Waals surface area contributed by atoms with Crippen LogP contribution in [0.1, 0.15) is 30.9 Å². The molecule has 0 saturated carbocycles. The molecule has 5 nitrogen and oxygen atoms in total. The summed E-state index contributed by atoms with van der Waals surface area (Å²) in [4.78, 5) is 13.3.